The number of benzene rings is 2. The minimum Gasteiger partial charge on any atom is -0.497 e. The van der Waals surface area contributed by atoms with Gasteiger partial charge in [0, 0.05) is 26.7 Å². The average Bonchev–Trinajstić information content (AvgIpc) is 2.72. The normalized spacial score (nSPS) is 12.7. The van der Waals surface area contributed by atoms with E-state index in [2.05, 4.69) is 19.2 Å². The summed E-state index contributed by atoms with van der Waals surface area (Å²) in [5.41, 5.74) is 1.96. The Morgan fingerprint density at radius 2 is 1.57 bits per heavy atom. The van der Waals surface area contributed by atoms with Crippen molar-refractivity contribution in [3.05, 3.63) is 59.7 Å². The Morgan fingerprint density at radius 3 is 2.03 bits per heavy atom. The number of hydrogen-bond acceptors (Lipinski definition) is 4. The highest BCUT2D eigenvalue weighted by Gasteiger charge is 2.22. The molecule has 0 heterocycles. The lowest BCUT2D eigenvalue weighted by Gasteiger charge is -2.24. The average molecular weight is 434 g/mol. The minimum atomic E-state index is -3.58. The van der Waals surface area contributed by atoms with Crippen LogP contribution in [0.2, 0.25) is 0 Å². The van der Waals surface area contributed by atoms with Crippen molar-refractivity contribution in [3.8, 4) is 5.75 Å². The van der Waals surface area contributed by atoms with Gasteiger partial charge in [0.15, 0.2) is 0 Å². The summed E-state index contributed by atoms with van der Waals surface area (Å²) in [5.74, 6) is 0.951. The molecule has 0 radical (unpaired) electrons. The van der Waals surface area contributed by atoms with Gasteiger partial charge in [0.1, 0.15) is 5.75 Å². The summed E-state index contributed by atoms with van der Waals surface area (Å²) in [6.07, 6.45) is 0.792. The molecule has 1 amide bonds. The molecular weight excluding hydrogens is 402 g/mol. The number of hydrogen-bond donors (Lipinski definition) is 1. The van der Waals surface area contributed by atoms with Crippen molar-refractivity contribution >= 4 is 21.8 Å². The molecule has 0 aliphatic rings. The van der Waals surface area contributed by atoms with Gasteiger partial charge in [-0.2, -0.15) is 12.7 Å². The molecule has 0 aliphatic carbocycles. The number of carbonyl (C=O) groups excluding carboxylic acids is 1. The van der Waals surface area contributed by atoms with Crippen LogP contribution in [0, 0.1) is 5.92 Å². The third kappa shape index (κ3) is 5.73. The maximum atomic E-state index is 12.8. The van der Waals surface area contributed by atoms with Gasteiger partial charge in [-0.3, -0.25) is 9.10 Å². The largest absolute Gasteiger partial charge is 0.497 e. The molecule has 0 fully saturated rings. The molecule has 0 saturated carbocycles. The zero-order valence-corrected chi connectivity index (χ0v) is 19.2. The van der Waals surface area contributed by atoms with Crippen LogP contribution in [0.3, 0.4) is 0 Å². The molecule has 2 aromatic rings. The molecule has 164 valence electrons. The van der Waals surface area contributed by atoms with E-state index in [0.29, 0.717) is 17.2 Å². The number of anilines is 1. The quantitative estimate of drug-likeness (QED) is 0.657. The van der Waals surface area contributed by atoms with Crippen LogP contribution < -0.4 is 14.4 Å². The molecule has 1 N–H and O–H groups in total. The fourth-order valence-corrected chi connectivity index (χ4v) is 3.91. The van der Waals surface area contributed by atoms with Crippen LogP contribution in [0.1, 0.15) is 42.2 Å². The van der Waals surface area contributed by atoms with E-state index in [1.807, 2.05) is 24.3 Å². The fraction of sp³-hybridized carbons (Fsp3) is 0.409. The highest BCUT2D eigenvalue weighted by molar-refractivity contribution is 7.90. The Kier molecular flexibility index (Phi) is 7.86. The molecule has 2 rings (SSSR count). The Balaban J connectivity index is 2.19. The molecule has 1 atom stereocenters. The minimum absolute atomic E-state index is 0.139. The van der Waals surface area contributed by atoms with Crippen LogP contribution in [-0.4, -0.2) is 46.9 Å². The van der Waals surface area contributed by atoms with E-state index in [1.54, 1.807) is 31.4 Å². The zero-order valence-electron chi connectivity index (χ0n) is 18.4. The second kappa shape index (κ2) is 9.95. The predicted octanol–water partition coefficient (Wildman–Crippen LogP) is 3.46. The summed E-state index contributed by atoms with van der Waals surface area (Å²) in [5, 5.41) is 3.10. The summed E-state index contributed by atoms with van der Waals surface area (Å²) in [6, 6.07) is 14.0. The highest BCUT2D eigenvalue weighted by Crippen LogP contribution is 2.25. The molecule has 0 saturated heterocycles. The molecule has 0 unspecified atom stereocenters. The number of methoxy groups -OCH3 is 1. The molecule has 2 aromatic carbocycles. The van der Waals surface area contributed by atoms with Crippen molar-refractivity contribution in [1.29, 1.82) is 0 Å². The third-order valence-corrected chi connectivity index (χ3v) is 6.66. The number of amides is 1. The summed E-state index contributed by atoms with van der Waals surface area (Å²) < 4.78 is 32.1. The molecule has 0 aliphatic heterocycles. The van der Waals surface area contributed by atoms with E-state index >= 15 is 0 Å². The molecule has 7 nitrogen and oxygen atoms in total. The molecule has 30 heavy (non-hydrogen) atoms. The smallest absolute Gasteiger partial charge is 0.303 e. The fourth-order valence-electron chi connectivity index (χ4n) is 3.03. The van der Waals surface area contributed by atoms with Gasteiger partial charge in [-0.05, 0) is 54.3 Å². The Bertz CT molecular complexity index is 939. The lowest BCUT2D eigenvalue weighted by atomic mass is 9.96. The van der Waals surface area contributed by atoms with Crippen molar-refractivity contribution in [1.82, 2.24) is 9.62 Å². The maximum Gasteiger partial charge on any atom is 0.303 e. The predicted molar refractivity (Wildman–Crippen MR) is 120 cm³/mol. The van der Waals surface area contributed by atoms with Crippen LogP contribution in [0.25, 0.3) is 0 Å². The van der Waals surface area contributed by atoms with Crippen molar-refractivity contribution in [3.63, 3.8) is 0 Å². The van der Waals surface area contributed by atoms with Crippen LogP contribution in [-0.2, 0) is 10.2 Å². The van der Waals surface area contributed by atoms with Gasteiger partial charge in [0.25, 0.3) is 5.91 Å². The Hall–Kier alpha value is -2.58. The molecule has 8 heteroatoms. The first-order chi connectivity index (χ1) is 14.1. The second-order valence-electron chi connectivity index (χ2n) is 7.73. The Labute approximate surface area is 179 Å². The van der Waals surface area contributed by atoms with Gasteiger partial charge < -0.3 is 10.1 Å². The lowest BCUT2D eigenvalue weighted by molar-refractivity contribution is 0.0932. The first kappa shape index (κ1) is 23.7. The SMILES string of the molecule is COc1ccc([C@H](CC(C)C)NC(=O)c2ccc(N(C)S(=O)(=O)N(C)C)cc2)cc1. The number of rotatable bonds is 9. The summed E-state index contributed by atoms with van der Waals surface area (Å²) in [6.45, 7) is 4.22. The van der Waals surface area contributed by atoms with E-state index in [0.717, 1.165) is 22.0 Å². The lowest BCUT2D eigenvalue weighted by Crippen LogP contribution is -2.37. The maximum absolute atomic E-state index is 12.8. The van der Waals surface area contributed by atoms with Crippen LogP contribution in [0.4, 0.5) is 5.69 Å². The van der Waals surface area contributed by atoms with E-state index in [9.17, 15) is 13.2 Å². The topological polar surface area (TPSA) is 79.0 Å². The number of nitrogens with one attached hydrogen (secondary N) is 1. The van der Waals surface area contributed by atoms with E-state index < -0.39 is 10.2 Å². The molecular formula is C22H31N3O4S. The van der Waals surface area contributed by atoms with Crippen molar-refractivity contribution in [2.75, 3.05) is 32.6 Å². The second-order valence-corrected chi connectivity index (χ2v) is 9.91. The van der Waals surface area contributed by atoms with Crippen LogP contribution >= 0.6 is 0 Å². The van der Waals surface area contributed by atoms with Crippen LogP contribution in [0.5, 0.6) is 5.75 Å². The van der Waals surface area contributed by atoms with Crippen molar-refractivity contribution in [2.45, 2.75) is 26.3 Å². The summed E-state index contributed by atoms with van der Waals surface area (Å²) >= 11 is 0. The van der Waals surface area contributed by atoms with Gasteiger partial charge in [-0.25, -0.2) is 0 Å². The Morgan fingerprint density at radius 1 is 1.00 bits per heavy atom. The van der Waals surface area contributed by atoms with Crippen molar-refractivity contribution in [2.24, 2.45) is 5.92 Å². The van der Waals surface area contributed by atoms with Gasteiger partial charge in [-0.1, -0.05) is 26.0 Å². The third-order valence-electron chi connectivity index (χ3n) is 4.83. The van der Waals surface area contributed by atoms with Crippen molar-refractivity contribution < 1.29 is 17.9 Å². The van der Waals surface area contributed by atoms with Crippen LogP contribution in [0.15, 0.2) is 48.5 Å². The first-order valence-corrected chi connectivity index (χ1v) is 11.2. The summed E-state index contributed by atoms with van der Waals surface area (Å²) in [4.78, 5) is 12.8. The summed E-state index contributed by atoms with van der Waals surface area (Å²) in [7, 11) is 2.46. The number of ether oxygens (including phenoxy) is 1. The van der Waals surface area contributed by atoms with Gasteiger partial charge in [0.2, 0.25) is 0 Å². The van der Waals surface area contributed by atoms with E-state index in [4.69, 9.17) is 4.74 Å². The number of nitrogens with zero attached hydrogens (tertiary/aromatic N) is 2. The van der Waals surface area contributed by atoms with Gasteiger partial charge in [0.05, 0.1) is 18.8 Å². The van der Waals surface area contributed by atoms with E-state index in [-0.39, 0.29) is 11.9 Å². The number of carbonyl (C=O) groups is 1. The standard InChI is InChI=1S/C22H31N3O4S/c1-16(2)15-21(17-9-13-20(29-6)14-10-17)23-22(26)18-7-11-19(12-8-18)25(5)30(27,28)24(3)4/h7-14,16,21H,15H2,1-6H3,(H,23,26)/t21-/m0/s1. The van der Waals surface area contributed by atoms with Gasteiger partial charge >= 0.3 is 10.2 Å². The molecule has 0 aromatic heterocycles. The highest BCUT2D eigenvalue weighted by atomic mass is 32.2. The molecule has 0 spiro atoms. The monoisotopic (exact) mass is 433 g/mol. The first-order valence-electron chi connectivity index (χ1n) is 9.77. The molecule has 0 bridgehead atoms. The zero-order chi connectivity index (χ0) is 22.5. The van der Waals surface area contributed by atoms with E-state index in [1.165, 1.54) is 25.4 Å². The van der Waals surface area contributed by atoms with Gasteiger partial charge in [-0.15, -0.1) is 0 Å².